The third-order valence-corrected chi connectivity index (χ3v) is 2.45. The van der Waals surface area contributed by atoms with E-state index in [4.69, 9.17) is 0 Å². The summed E-state index contributed by atoms with van der Waals surface area (Å²) in [5.74, 6) is -0.372. The van der Waals surface area contributed by atoms with Gasteiger partial charge < -0.3 is 0 Å². The summed E-state index contributed by atoms with van der Waals surface area (Å²) in [4.78, 5) is 14.4. The molecule has 13 heavy (non-hydrogen) atoms. The van der Waals surface area contributed by atoms with Crippen LogP contribution in [0.3, 0.4) is 0 Å². The second-order valence-electron chi connectivity index (χ2n) is 2.48. The highest BCUT2D eigenvalue weighted by Gasteiger charge is 2.08. The normalized spacial score (nSPS) is 10.6. The van der Waals surface area contributed by atoms with Crippen LogP contribution < -0.4 is 0 Å². The van der Waals surface area contributed by atoms with E-state index in [0.717, 1.165) is 0 Å². The minimum Gasteiger partial charge on any atom is -0.296 e. The summed E-state index contributed by atoms with van der Waals surface area (Å²) in [5.41, 5.74) is 0.806. The van der Waals surface area contributed by atoms with E-state index in [1.165, 1.54) is 22.7 Å². The van der Waals surface area contributed by atoms with Gasteiger partial charge in [0.25, 0.3) is 0 Å². The van der Waals surface area contributed by atoms with Crippen molar-refractivity contribution in [2.75, 3.05) is 0 Å². The highest BCUT2D eigenvalue weighted by atomic mass is 79.9. The van der Waals surface area contributed by atoms with Crippen LogP contribution in [-0.2, 0) is 0 Å². The Balaban J connectivity index is 2.84. The molecular formula is C8H4BrFN2O. The molecule has 2 heterocycles. The van der Waals surface area contributed by atoms with Gasteiger partial charge in [-0.3, -0.25) is 9.20 Å². The van der Waals surface area contributed by atoms with Crippen LogP contribution in [0.5, 0.6) is 0 Å². The van der Waals surface area contributed by atoms with E-state index < -0.39 is 0 Å². The molecule has 0 spiro atoms. The average molecular weight is 243 g/mol. The highest BCUT2D eigenvalue weighted by molar-refractivity contribution is 9.10. The number of pyridine rings is 1. The number of hydrogen-bond acceptors (Lipinski definition) is 2. The summed E-state index contributed by atoms with van der Waals surface area (Å²) in [6.07, 6.45) is 1.88. The van der Waals surface area contributed by atoms with Crippen molar-refractivity contribution in [3.63, 3.8) is 0 Å². The van der Waals surface area contributed by atoms with Gasteiger partial charge in [0.05, 0.1) is 0 Å². The molecule has 0 aromatic carbocycles. The van der Waals surface area contributed by atoms with Crippen molar-refractivity contribution < 1.29 is 9.18 Å². The van der Waals surface area contributed by atoms with Crippen LogP contribution in [0.25, 0.3) is 5.65 Å². The van der Waals surface area contributed by atoms with Crippen molar-refractivity contribution in [3.05, 3.63) is 34.4 Å². The monoisotopic (exact) mass is 242 g/mol. The lowest BCUT2D eigenvalue weighted by Gasteiger charge is -1.93. The number of rotatable bonds is 1. The summed E-state index contributed by atoms with van der Waals surface area (Å²) >= 11 is 3.15. The topological polar surface area (TPSA) is 34.4 Å². The maximum atomic E-state index is 12.8. The van der Waals surface area contributed by atoms with E-state index >= 15 is 0 Å². The number of halogens is 2. The van der Waals surface area contributed by atoms with Gasteiger partial charge in [0, 0.05) is 6.20 Å². The summed E-state index contributed by atoms with van der Waals surface area (Å²) < 4.78 is 14.7. The number of imidazole rings is 1. The zero-order chi connectivity index (χ0) is 9.42. The fourth-order valence-electron chi connectivity index (χ4n) is 1.08. The Hall–Kier alpha value is -1.23. The molecule has 0 atom stereocenters. The molecule has 0 fully saturated rings. The van der Waals surface area contributed by atoms with E-state index in [2.05, 4.69) is 20.9 Å². The van der Waals surface area contributed by atoms with E-state index in [-0.39, 0.29) is 11.5 Å². The van der Waals surface area contributed by atoms with E-state index in [9.17, 15) is 9.18 Å². The molecule has 66 valence electrons. The van der Waals surface area contributed by atoms with Gasteiger partial charge in [0.1, 0.15) is 21.8 Å². The Morgan fingerprint density at radius 2 is 2.31 bits per heavy atom. The van der Waals surface area contributed by atoms with Crippen molar-refractivity contribution in [2.45, 2.75) is 0 Å². The van der Waals surface area contributed by atoms with Crippen LogP contribution in [0.15, 0.2) is 22.9 Å². The molecule has 0 unspecified atom stereocenters. The second-order valence-corrected chi connectivity index (χ2v) is 3.23. The minimum atomic E-state index is -0.372. The number of aldehydes is 1. The zero-order valence-corrected chi connectivity index (χ0v) is 7.95. The average Bonchev–Trinajstić information content (AvgIpc) is 2.44. The van der Waals surface area contributed by atoms with E-state index in [0.29, 0.717) is 16.5 Å². The second kappa shape index (κ2) is 2.92. The summed E-state index contributed by atoms with van der Waals surface area (Å²) in [6, 6.07) is 2.80. The predicted molar refractivity (Wildman–Crippen MR) is 48.2 cm³/mol. The van der Waals surface area contributed by atoms with Crippen molar-refractivity contribution in [1.29, 1.82) is 0 Å². The first-order valence-corrected chi connectivity index (χ1v) is 4.30. The first-order chi connectivity index (χ1) is 6.22. The van der Waals surface area contributed by atoms with Gasteiger partial charge in [0.15, 0.2) is 6.29 Å². The number of nitrogens with zero attached hydrogens (tertiary/aromatic N) is 2. The van der Waals surface area contributed by atoms with Gasteiger partial charge in [-0.1, -0.05) is 0 Å². The Morgan fingerprint density at radius 1 is 1.54 bits per heavy atom. The molecule has 0 aliphatic heterocycles. The zero-order valence-electron chi connectivity index (χ0n) is 6.37. The molecule has 2 rings (SSSR count). The van der Waals surface area contributed by atoms with Gasteiger partial charge in [0.2, 0.25) is 0 Å². The largest absolute Gasteiger partial charge is 0.296 e. The molecule has 2 aromatic rings. The molecule has 0 bridgehead atoms. The smallest absolute Gasteiger partial charge is 0.171 e. The highest BCUT2D eigenvalue weighted by Crippen LogP contribution is 2.17. The van der Waals surface area contributed by atoms with Gasteiger partial charge in [-0.25, -0.2) is 9.37 Å². The maximum absolute atomic E-state index is 12.8. The Kier molecular flexibility index (Phi) is 1.88. The quantitative estimate of drug-likeness (QED) is 0.718. The van der Waals surface area contributed by atoms with Gasteiger partial charge in [-0.05, 0) is 28.1 Å². The van der Waals surface area contributed by atoms with Crippen molar-refractivity contribution in [1.82, 2.24) is 9.38 Å². The van der Waals surface area contributed by atoms with E-state index in [1.807, 2.05) is 0 Å². The molecule has 3 nitrogen and oxygen atoms in total. The fourth-order valence-corrected chi connectivity index (χ4v) is 1.55. The van der Waals surface area contributed by atoms with Crippen LogP contribution >= 0.6 is 15.9 Å². The third-order valence-electron chi connectivity index (χ3n) is 1.66. The van der Waals surface area contributed by atoms with Gasteiger partial charge in [-0.2, -0.15) is 0 Å². The van der Waals surface area contributed by atoms with Gasteiger partial charge >= 0.3 is 0 Å². The summed E-state index contributed by atoms with van der Waals surface area (Å²) in [6.45, 7) is 0. The lowest BCUT2D eigenvalue weighted by Crippen LogP contribution is -1.86. The molecular weight excluding hydrogens is 239 g/mol. The van der Waals surface area contributed by atoms with Crippen molar-refractivity contribution >= 4 is 27.9 Å². The summed E-state index contributed by atoms with van der Waals surface area (Å²) in [7, 11) is 0. The Bertz CT molecular complexity index is 480. The lowest BCUT2D eigenvalue weighted by molar-refractivity contribution is 0.111. The Labute approximate surface area is 81.3 Å². The number of fused-ring (bicyclic) bond motifs is 1. The van der Waals surface area contributed by atoms with E-state index in [1.54, 1.807) is 0 Å². The molecule has 0 aliphatic carbocycles. The van der Waals surface area contributed by atoms with Crippen molar-refractivity contribution in [2.24, 2.45) is 0 Å². The van der Waals surface area contributed by atoms with Crippen LogP contribution in [0.1, 0.15) is 10.5 Å². The summed E-state index contributed by atoms with van der Waals surface area (Å²) in [5, 5.41) is 0. The molecule has 5 heteroatoms. The number of carbonyl (C=O) groups excluding carboxylic acids is 1. The Morgan fingerprint density at radius 3 is 3.00 bits per heavy atom. The molecule has 0 aliphatic rings. The lowest BCUT2D eigenvalue weighted by atomic mass is 10.5. The molecule has 0 amide bonds. The maximum Gasteiger partial charge on any atom is 0.171 e. The predicted octanol–water partition coefficient (Wildman–Crippen LogP) is 2.05. The number of hydrogen-bond donors (Lipinski definition) is 0. The minimum absolute atomic E-state index is 0.269. The van der Waals surface area contributed by atoms with Crippen molar-refractivity contribution in [3.8, 4) is 0 Å². The number of aromatic nitrogens is 2. The standard InChI is InChI=1S/C8H4BrFN2O/c9-8-6(4-13)11-7-2-1-5(10)3-12(7)8/h1-4H. The van der Waals surface area contributed by atoms with Crippen LogP contribution in [-0.4, -0.2) is 15.7 Å². The first-order valence-electron chi connectivity index (χ1n) is 3.50. The van der Waals surface area contributed by atoms with Gasteiger partial charge in [-0.15, -0.1) is 0 Å². The number of carbonyl (C=O) groups is 1. The molecule has 0 radical (unpaired) electrons. The molecule has 0 saturated carbocycles. The first kappa shape index (κ1) is 8.37. The van der Waals surface area contributed by atoms with Crippen LogP contribution in [0, 0.1) is 5.82 Å². The van der Waals surface area contributed by atoms with Crippen LogP contribution in [0.4, 0.5) is 4.39 Å². The SMILES string of the molecule is O=Cc1nc2ccc(F)cn2c1Br. The fraction of sp³-hybridized carbons (Fsp3) is 0. The molecule has 0 saturated heterocycles. The van der Waals surface area contributed by atoms with Crippen LogP contribution in [0.2, 0.25) is 0 Å². The molecule has 2 aromatic heterocycles. The molecule has 0 N–H and O–H groups in total. The third kappa shape index (κ3) is 1.25.